The zero-order valence-electron chi connectivity index (χ0n) is 16.8. The Hall–Kier alpha value is -3.42. The van der Waals surface area contributed by atoms with Crippen molar-refractivity contribution in [3.63, 3.8) is 0 Å². The number of carbonyl (C=O) groups is 1. The highest BCUT2D eigenvalue weighted by Crippen LogP contribution is 2.28. The van der Waals surface area contributed by atoms with Crippen molar-refractivity contribution >= 4 is 17.3 Å². The molecule has 0 radical (unpaired) electrons. The van der Waals surface area contributed by atoms with E-state index in [0.29, 0.717) is 18.1 Å². The van der Waals surface area contributed by atoms with Gasteiger partial charge in [0.1, 0.15) is 12.0 Å². The highest BCUT2D eigenvalue weighted by Gasteiger charge is 2.21. The number of tetrazole rings is 1. The summed E-state index contributed by atoms with van der Waals surface area (Å²) in [6.07, 6.45) is 4.37. The number of hydrogen-bond donors (Lipinski definition) is 0. The first-order valence-electron chi connectivity index (χ1n) is 9.58. The SMILES string of the molecule is CC1=C(c2ccc(CC(=O)c3ncncc3C)cc2)CN(c2nnn(C)n2)CC1. The number of carbonyl (C=O) groups excluding carboxylic acids is 1. The number of aryl methyl sites for hydroxylation is 2. The van der Waals surface area contributed by atoms with Gasteiger partial charge in [-0.1, -0.05) is 34.9 Å². The Bertz CT molecular complexity index is 1070. The molecule has 0 fully saturated rings. The molecule has 0 atom stereocenters. The molecule has 0 aliphatic carbocycles. The first kappa shape index (κ1) is 18.9. The van der Waals surface area contributed by atoms with E-state index in [-0.39, 0.29) is 5.78 Å². The van der Waals surface area contributed by atoms with E-state index in [4.69, 9.17) is 0 Å². The van der Waals surface area contributed by atoms with Gasteiger partial charge in [0.2, 0.25) is 0 Å². The maximum absolute atomic E-state index is 12.5. The van der Waals surface area contributed by atoms with Crippen molar-refractivity contribution in [2.24, 2.45) is 7.05 Å². The van der Waals surface area contributed by atoms with E-state index in [1.165, 1.54) is 22.3 Å². The fourth-order valence-corrected chi connectivity index (χ4v) is 3.55. The second-order valence-electron chi connectivity index (χ2n) is 7.36. The molecule has 0 unspecified atom stereocenters. The lowest BCUT2D eigenvalue weighted by Crippen LogP contribution is -2.31. The Morgan fingerprint density at radius 3 is 2.66 bits per heavy atom. The van der Waals surface area contributed by atoms with E-state index in [2.05, 4.69) is 49.3 Å². The molecule has 8 heteroatoms. The largest absolute Gasteiger partial charge is 0.334 e. The zero-order chi connectivity index (χ0) is 20.4. The normalized spacial score (nSPS) is 14.4. The number of nitrogens with zero attached hydrogens (tertiary/aromatic N) is 7. The standard InChI is InChI=1S/C21H23N7O/c1-14-8-9-28(21-24-26-27(3)25-21)12-18(14)17-6-4-16(5-7-17)10-19(29)20-15(2)11-22-13-23-20/h4-7,11,13H,8-10,12H2,1-3H3. The highest BCUT2D eigenvalue weighted by molar-refractivity contribution is 5.96. The number of hydrogen-bond acceptors (Lipinski definition) is 7. The van der Waals surface area contributed by atoms with Crippen LogP contribution in [-0.2, 0) is 13.5 Å². The third-order valence-corrected chi connectivity index (χ3v) is 5.23. The summed E-state index contributed by atoms with van der Waals surface area (Å²) in [7, 11) is 1.77. The molecule has 148 valence electrons. The molecule has 0 N–H and O–H groups in total. The topological polar surface area (TPSA) is 89.7 Å². The Kier molecular flexibility index (Phi) is 5.16. The number of ketones is 1. The molecule has 0 amide bonds. The van der Waals surface area contributed by atoms with E-state index in [0.717, 1.165) is 36.2 Å². The molecule has 29 heavy (non-hydrogen) atoms. The predicted octanol–water partition coefficient (Wildman–Crippen LogP) is 2.42. The van der Waals surface area contributed by atoms with Gasteiger partial charge in [-0.2, -0.15) is 4.80 Å². The summed E-state index contributed by atoms with van der Waals surface area (Å²) in [6, 6.07) is 8.21. The van der Waals surface area contributed by atoms with Crippen LogP contribution in [0.3, 0.4) is 0 Å². The second-order valence-corrected chi connectivity index (χ2v) is 7.36. The molecule has 3 aromatic rings. The Labute approximate surface area is 169 Å². The van der Waals surface area contributed by atoms with Crippen LogP contribution in [0.25, 0.3) is 5.57 Å². The van der Waals surface area contributed by atoms with E-state index in [1.54, 1.807) is 13.2 Å². The third-order valence-electron chi connectivity index (χ3n) is 5.23. The van der Waals surface area contributed by atoms with Crippen molar-refractivity contribution in [1.82, 2.24) is 30.2 Å². The van der Waals surface area contributed by atoms with Gasteiger partial charge >= 0.3 is 0 Å². The van der Waals surface area contributed by atoms with Crippen LogP contribution in [0.5, 0.6) is 0 Å². The number of Topliss-reactive ketones (excluding diaryl/α,β-unsaturated/α-hetero) is 1. The van der Waals surface area contributed by atoms with E-state index >= 15 is 0 Å². The smallest absolute Gasteiger partial charge is 0.266 e. The maximum atomic E-state index is 12.5. The summed E-state index contributed by atoms with van der Waals surface area (Å²) in [5, 5.41) is 12.4. The van der Waals surface area contributed by atoms with E-state index in [9.17, 15) is 4.79 Å². The molecule has 0 saturated carbocycles. The van der Waals surface area contributed by atoms with Crippen LogP contribution >= 0.6 is 0 Å². The molecule has 1 aliphatic heterocycles. The van der Waals surface area contributed by atoms with Crippen LogP contribution in [-0.4, -0.2) is 49.0 Å². The average Bonchev–Trinajstić information content (AvgIpc) is 3.16. The van der Waals surface area contributed by atoms with Gasteiger partial charge in [-0.25, -0.2) is 9.97 Å². The monoisotopic (exact) mass is 389 g/mol. The Morgan fingerprint density at radius 2 is 1.97 bits per heavy atom. The molecule has 1 aromatic carbocycles. The maximum Gasteiger partial charge on any atom is 0.266 e. The summed E-state index contributed by atoms with van der Waals surface area (Å²) in [4.78, 5) is 24.2. The van der Waals surface area contributed by atoms with Crippen molar-refractivity contribution in [2.75, 3.05) is 18.0 Å². The van der Waals surface area contributed by atoms with Gasteiger partial charge in [0.25, 0.3) is 5.95 Å². The summed E-state index contributed by atoms with van der Waals surface area (Å²) >= 11 is 0. The summed E-state index contributed by atoms with van der Waals surface area (Å²) < 4.78 is 0. The predicted molar refractivity (Wildman–Crippen MR) is 109 cm³/mol. The van der Waals surface area contributed by atoms with Crippen molar-refractivity contribution in [3.05, 3.63) is 64.7 Å². The van der Waals surface area contributed by atoms with Crippen LogP contribution < -0.4 is 4.90 Å². The van der Waals surface area contributed by atoms with Crippen LogP contribution in [0.15, 0.2) is 42.4 Å². The van der Waals surface area contributed by atoms with Gasteiger partial charge in [0.15, 0.2) is 5.78 Å². The lowest BCUT2D eigenvalue weighted by molar-refractivity contribution is 0.0987. The zero-order valence-corrected chi connectivity index (χ0v) is 16.8. The Balaban J connectivity index is 1.49. The fourth-order valence-electron chi connectivity index (χ4n) is 3.55. The molecule has 0 spiro atoms. The third kappa shape index (κ3) is 4.06. The average molecular weight is 389 g/mol. The van der Waals surface area contributed by atoms with E-state index in [1.807, 2.05) is 19.1 Å². The minimum atomic E-state index is 0.00520. The Morgan fingerprint density at radius 1 is 1.17 bits per heavy atom. The number of rotatable bonds is 5. The second kappa shape index (κ2) is 7.90. The number of aromatic nitrogens is 6. The summed E-state index contributed by atoms with van der Waals surface area (Å²) in [5.41, 5.74) is 6.06. The molecular formula is C21H23N7O. The quantitative estimate of drug-likeness (QED) is 0.619. The van der Waals surface area contributed by atoms with Crippen LogP contribution in [0.2, 0.25) is 0 Å². The minimum Gasteiger partial charge on any atom is -0.334 e. The minimum absolute atomic E-state index is 0.00520. The molecule has 0 bridgehead atoms. The summed E-state index contributed by atoms with van der Waals surface area (Å²) in [5.74, 6) is 0.658. The number of benzene rings is 1. The van der Waals surface area contributed by atoms with Gasteiger partial charge in [-0.05, 0) is 47.7 Å². The van der Waals surface area contributed by atoms with Crippen molar-refractivity contribution in [2.45, 2.75) is 26.7 Å². The highest BCUT2D eigenvalue weighted by atomic mass is 16.1. The van der Waals surface area contributed by atoms with Crippen LogP contribution in [0.1, 0.15) is 40.5 Å². The van der Waals surface area contributed by atoms with Gasteiger partial charge in [0.05, 0.1) is 7.05 Å². The molecule has 2 aromatic heterocycles. The van der Waals surface area contributed by atoms with E-state index < -0.39 is 0 Å². The van der Waals surface area contributed by atoms with Gasteiger partial charge < -0.3 is 4.90 Å². The van der Waals surface area contributed by atoms with Gasteiger partial charge in [0, 0.05) is 25.7 Å². The molecule has 1 aliphatic rings. The van der Waals surface area contributed by atoms with Gasteiger partial charge in [-0.15, -0.1) is 5.10 Å². The lowest BCUT2D eigenvalue weighted by Gasteiger charge is -2.29. The molecule has 3 heterocycles. The molecule has 4 rings (SSSR count). The number of anilines is 1. The molecular weight excluding hydrogens is 366 g/mol. The lowest BCUT2D eigenvalue weighted by atomic mass is 9.93. The van der Waals surface area contributed by atoms with Crippen LogP contribution in [0.4, 0.5) is 5.95 Å². The van der Waals surface area contributed by atoms with Crippen LogP contribution in [0, 0.1) is 6.92 Å². The van der Waals surface area contributed by atoms with Crippen molar-refractivity contribution in [1.29, 1.82) is 0 Å². The summed E-state index contributed by atoms with van der Waals surface area (Å²) in [6.45, 7) is 5.65. The van der Waals surface area contributed by atoms with Crippen molar-refractivity contribution < 1.29 is 4.79 Å². The fraction of sp³-hybridized carbons (Fsp3) is 0.333. The molecule has 8 nitrogen and oxygen atoms in total. The van der Waals surface area contributed by atoms with Gasteiger partial charge in [-0.3, -0.25) is 4.79 Å². The first-order chi connectivity index (χ1) is 14.0. The van der Waals surface area contributed by atoms with Crippen molar-refractivity contribution in [3.8, 4) is 0 Å². The first-order valence-corrected chi connectivity index (χ1v) is 9.58. The molecule has 0 saturated heterocycles.